The first kappa shape index (κ1) is 15.3. The quantitative estimate of drug-likeness (QED) is 0.881. The van der Waals surface area contributed by atoms with Crippen LogP contribution in [-0.2, 0) is 4.74 Å². The molecule has 24 heavy (non-hydrogen) atoms. The molecule has 2 N–H and O–H groups in total. The van der Waals surface area contributed by atoms with Gasteiger partial charge in [0, 0.05) is 43.1 Å². The monoisotopic (exact) mass is 327 g/mol. The fourth-order valence-corrected chi connectivity index (χ4v) is 3.52. The largest absolute Gasteiger partial charge is 0.376 e. The number of nitrogens with one attached hydrogen (secondary N) is 2. The van der Waals surface area contributed by atoms with E-state index in [1.165, 1.54) is 0 Å². The molecule has 0 unspecified atom stereocenters. The number of H-pyrrole nitrogens is 1. The van der Waals surface area contributed by atoms with Gasteiger partial charge in [0.05, 0.1) is 18.4 Å². The Kier molecular flexibility index (Phi) is 4.03. The molecule has 4 rings (SSSR count). The summed E-state index contributed by atoms with van der Waals surface area (Å²) in [5, 5.41) is 10.2. The molecule has 1 amide bonds. The van der Waals surface area contributed by atoms with Crippen LogP contribution in [-0.4, -0.2) is 63.9 Å². The zero-order valence-corrected chi connectivity index (χ0v) is 13.6. The summed E-state index contributed by atoms with van der Waals surface area (Å²) in [6.07, 6.45) is 4.62. The predicted molar refractivity (Wildman–Crippen MR) is 88.5 cm³/mol. The molecule has 2 fully saturated rings. The predicted octanol–water partition coefficient (Wildman–Crippen LogP) is 1.06. The van der Waals surface area contributed by atoms with Crippen LogP contribution in [0, 0.1) is 0 Å². The number of carbonyl (C=O) groups is 1. The highest BCUT2D eigenvalue weighted by Gasteiger charge is 2.36. The van der Waals surface area contributed by atoms with Crippen LogP contribution in [0.3, 0.4) is 0 Å². The molecule has 4 heterocycles. The van der Waals surface area contributed by atoms with Gasteiger partial charge in [-0.15, -0.1) is 0 Å². The van der Waals surface area contributed by atoms with Crippen molar-refractivity contribution in [1.29, 1.82) is 0 Å². The Morgan fingerprint density at radius 3 is 3.04 bits per heavy atom. The number of fused-ring (bicyclic) bond motifs is 1. The average molecular weight is 327 g/mol. The molecule has 0 saturated carbocycles. The lowest BCUT2D eigenvalue weighted by Gasteiger charge is -2.33. The minimum Gasteiger partial charge on any atom is -0.376 e. The van der Waals surface area contributed by atoms with E-state index in [1.54, 1.807) is 18.5 Å². The van der Waals surface area contributed by atoms with Gasteiger partial charge in [0.2, 0.25) is 0 Å². The first-order valence-corrected chi connectivity index (χ1v) is 8.31. The van der Waals surface area contributed by atoms with Gasteiger partial charge in [-0.3, -0.25) is 19.8 Å². The van der Waals surface area contributed by atoms with Gasteiger partial charge in [-0.1, -0.05) is 0 Å². The number of aromatic nitrogens is 3. The molecule has 2 saturated heterocycles. The summed E-state index contributed by atoms with van der Waals surface area (Å²) in [7, 11) is 0. The normalized spacial score (nSPS) is 27.0. The number of ether oxygens (including phenoxy) is 1. The van der Waals surface area contributed by atoms with Crippen molar-refractivity contribution in [3.05, 3.63) is 36.3 Å². The van der Waals surface area contributed by atoms with Gasteiger partial charge >= 0.3 is 0 Å². The lowest BCUT2D eigenvalue weighted by Crippen LogP contribution is -2.45. The number of aromatic amines is 1. The molecule has 7 nitrogen and oxygen atoms in total. The van der Waals surface area contributed by atoms with Crippen molar-refractivity contribution in [1.82, 2.24) is 25.4 Å². The summed E-state index contributed by atoms with van der Waals surface area (Å²) in [6.45, 7) is 4.67. The van der Waals surface area contributed by atoms with Crippen LogP contribution in [0.5, 0.6) is 0 Å². The Bertz CT molecular complexity index is 717. The van der Waals surface area contributed by atoms with Gasteiger partial charge in [0.25, 0.3) is 5.91 Å². The minimum atomic E-state index is -0.110. The van der Waals surface area contributed by atoms with E-state index < -0.39 is 0 Å². The fraction of sp³-hybridized carbons (Fsp3) is 0.471. The summed E-state index contributed by atoms with van der Waals surface area (Å²) in [5.74, 6) is -0.110. The number of pyridine rings is 1. The molecule has 0 spiro atoms. The zero-order chi connectivity index (χ0) is 16.5. The third-order valence-electron chi connectivity index (χ3n) is 4.73. The van der Waals surface area contributed by atoms with Crippen molar-refractivity contribution in [2.24, 2.45) is 0 Å². The standard InChI is InChI=1S/C17H21N5O2/c1-11-8-22-9-13(6-14(22)10-24-11)19-17(23)16-7-15(20-21-16)12-2-4-18-5-3-12/h2-5,7,11,13-14H,6,8-10H2,1H3,(H,19,23)(H,20,21)/t11-,13+,14+/m1/s1. The molecular formula is C17H21N5O2. The second-order valence-corrected chi connectivity index (χ2v) is 6.56. The Labute approximate surface area is 140 Å². The highest BCUT2D eigenvalue weighted by molar-refractivity contribution is 5.93. The van der Waals surface area contributed by atoms with Crippen LogP contribution in [0.4, 0.5) is 0 Å². The molecule has 0 aliphatic carbocycles. The molecule has 2 aliphatic heterocycles. The van der Waals surface area contributed by atoms with Crippen molar-refractivity contribution in [3.63, 3.8) is 0 Å². The highest BCUT2D eigenvalue weighted by Crippen LogP contribution is 2.23. The van der Waals surface area contributed by atoms with Crippen molar-refractivity contribution < 1.29 is 9.53 Å². The number of hydrogen-bond acceptors (Lipinski definition) is 5. The van der Waals surface area contributed by atoms with Crippen molar-refractivity contribution in [2.75, 3.05) is 19.7 Å². The van der Waals surface area contributed by atoms with Crippen LogP contribution < -0.4 is 5.32 Å². The van der Waals surface area contributed by atoms with Gasteiger partial charge in [-0.05, 0) is 31.5 Å². The summed E-state index contributed by atoms with van der Waals surface area (Å²) < 4.78 is 5.71. The Morgan fingerprint density at radius 2 is 2.21 bits per heavy atom. The van der Waals surface area contributed by atoms with Crippen molar-refractivity contribution in [3.8, 4) is 11.3 Å². The van der Waals surface area contributed by atoms with E-state index in [-0.39, 0.29) is 18.1 Å². The molecular weight excluding hydrogens is 306 g/mol. The van der Waals surface area contributed by atoms with Gasteiger partial charge in [-0.2, -0.15) is 5.10 Å². The highest BCUT2D eigenvalue weighted by atomic mass is 16.5. The Hall–Kier alpha value is -2.25. The number of rotatable bonds is 3. The zero-order valence-electron chi connectivity index (χ0n) is 13.6. The Morgan fingerprint density at radius 1 is 1.38 bits per heavy atom. The van der Waals surface area contributed by atoms with Crippen LogP contribution in [0.1, 0.15) is 23.8 Å². The maximum atomic E-state index is 12.5. The molecule has 0 radical (unpaired) electrons. The lowest BCUT2D eigenvalue weighted by molar-refractivity contribution is -0.0390. The third kappa shape index (κ3) is 3.05. The second-order valence-electron chi connectivity index (χ2n) is 6.56. The smallest absolute Gasteiger partial charge is 0.269 e. The number of amides is 1. The summed E-state index contributed by atoms with van der Waals surface area (Å²) in [6, 6.07) is 6.09. The SMILES string of the molecule is C[C@@H]1CN2C[C@@H](NC(=O)c3cc(-c4ccncc4)n[nH]3)C[C@H]2CO1. The van der Waals surface area contributed by atoms with Crippen molar-refractivity contribution >= 4 is 5.91 Å². The maximum absolute atomic E-state index is 12.5. The summed E-state index contributed by atoms with van der Waals surface area (Å²) >= 11 is 0. The van der Waals surface area contributed by atoms with Crippen LogP contribution in [0.2, 0.25) is 0 Å². The van der Waals surface area contributed by atoms with E-state index in [1.807, 2.05) is 12.1 Å². The van der Waals surface area contributed by atoms with E-state index in [9.17, 15) is 4.79 Å². The van der Waals surface area contributed by atoms with E-state index in [2.05, 4.69) is 32.3 Å². The third-order valence-corrected chi connectivity index (χ3v) is 4.73. The van der Waals surface area contributed by atoms with E-state index in [0.717, 1.165) is 37.4 Å². The molecule has 126 valence electrons. The van der Waals surface area contributed by atoms with Crippen LogP contribution in [0.15, 0.2) is 30.6 Å². The second kappa shape index (κ2) is 6.33. The average Bonchev–Trinajstić information content (AvgIpc) is 3.22. The molecule has 0 aromatic carbocycles. The van der Waals surface area contributed by atoms with Crippen LogP contribution >= 0.6 is 0 Å². The van der Waals surface area contributed by atoms with Gasteiger partial charge in [0.1, 0.15) is 5.69 Å². The van der Waals surface area contributed by atoms with E-state index >= 15 is 0 Å². The first-order chi connectivity index (χ1) is 11.7. The molecule has 7 heteroatoms. The molecule has 2 aliphatic rings. The molecule has 0 bridgehead atoms. The van der Waals surface area contributed by atoms with Gasteiger partial charge in [-0.25, -0.2) is 0 Å². The number of nitrogens with zero attached hydrogens (tertiary/aromatic N) is 3. The summed E-state index contributed by atoms with van der Waals surface area (Å²) in [5.41, 5.74) is 2.16. The molecule has 3 atom stereocenters. The van der Waals surface area contributed by atoms with Gasteiger partial charge < -0.3 is 10.1 Å². The minimum absolute atomic E-state index is 0.110. The van der Waals surface area contributed by atoms with Crippen molar-refractivity contribution in [2.45, 2.75) is 31.5 Å². The lowest BCUT2D eigenvalue weighted by atomic mass is 10.1. The van der Waals surface area contributed by atoms with E-state index in [4.69, 9.17) is 4.74 Å². The molecule has 2 aromatic heterocycles. The topological polar surface area (TPSA) is 83.1 Å². The first-order valence-electron chi connectivity index (χ1n) is 8.31. The van der Waals surface area contributed by atoms with Crippen LogP contribution in [0.25, 0.3) is 11.3 Å². The summed E-state index contributed by atoms with van der Waals surface area (Å²) in [4.78, 5) is 18.9. The number of carbonyl (C=O) groups excluding carboxylic acids is 1. The van der Waals surface area contributed by atoms with E-state index in [0.29, 0.717) is 11.7 Å². The number of hydrogen-bond donors (Lipinski definition) is 2. The Balaban J connectivity index is 1.40. The fourth-order valence-electron chi connectivity index (χ4n) is 3.52. The maximum Gasteiger partial charge on any atom is 0.269 e. The molecule has 2 aromatic rings. The van der Waals surface area contributed by atoms with Gasteiger partial charge in [0.15, 0.2) is 0 Å². The number of morpholine rings is 1.